The van der Waals surface area contributed by atoms with Gasteiger partial charge in [-0.05, 0) is 74.0 Å². The van der Waals surface area contributed by atoms with Gasteiger partial charge in [0, 0.05) is 5.57 Å². The van der Waals surface area contributed by atoms with E-state index in [4.69, 9.17) is 30.5 Å². The second kappa shape index (κ2) is 9.86. The summed E-state index contributed by atoms with van der Waals surface area (Å²) in [6.07, 6.45) is 9.64. The molecule has 3 aliphatic carbocycles. The molecule has 6 nitrogen and oxygen atoms in total. The van der Waals surface area contributed by atoms with Crippen LogP contribution in [0.4, 0.5) is 0 Å². The number of cyclic esters (lactones) is 1. The molecule has 7 heteroatoms. The first-order valence-corrected chi connectivity index (χ1v) is 13.6. The number of alkyl halides is 1. The van der Waals surface area contributed by atoms with Crippen molar-refractivity contribution in [3.63, 3.8) is 0 Å². The predicted octanol–water partition coefficient (Wildman–Crippen LogP) is 6.37. The maximum Gasteiger partial charge on any atom is 0.346 e. The van der Waals surface area contributed by atoms with Crippen LogP contribution in [0.5, 0.6) is 11.5 Å². The van der Waals surface area contributed by atoms with E-state index in [-0.39, 0.29) is 35.7 Å². The number of fused-ring (bicyclic) bond motifs is 3. The zero-order chi connectivity index (χ0) is 26.5. The summed E-state index contributed by atoms with van der Waals surface area (Å²) in [7, 11) is 1.54. The summed E-state index contributed by atoms with van der Waals surface area (Å²) in [6, 6.07) is 3.67. The van der Waals surface area contributed by atoms with E-state index < -0.39 is 16.8 Å². The Balaban J connectivity index is 1.50. The lowest BCUT2D eigenvalue weighted by molar-refractivity contribution is -0.152. The second-order valence-corrected chi connectivity index (χ2v) is 11.9. The van der Waals surface area contributed by atoms with Gasteiger partial charge in [0.2, 0.25) is 0 Å². The molecule has 0 radical (unpaired) electrons. The van der Waals surface area contributed by atoms with Crippen molar-refractivity contribution in [3.8, 4) is 11.5 Å². The number of benzene rings is 1. The Hall–Kier alpha value is -2.73. The van der Waals surface area contributed by atoms with Crippen molar-refractivity contribution >= 4 is 23.5 Å². The van der Waals surface area contributed by atoms with E-state index in [9.17, 15) is 9.59 Å². The summed E-state index contributed by atoms with van der Waals surface area (Å²) in [5.41, 5.74) is 1.15. The molecule has 1 heterocycles. The molecule has 5 unspecified atom stereocenters. The van der Waals surface area contributed by atoms with Gasteiger partial charge in [-0.25, -0.2) is 4.79 Å². The average Bonchev–Trinajstić information content (AvgIpc) is 3.45. The van der Waals surface area contributed by atoms with E-state index >= 15 is 0 Å². The van der Waals surface area contributed by atoms with Gasteiger partial charge in [-0.15, -0.1) is 11.6 Å². The Morgan fingerprint density at radius 2 is 2.05 bits per heavy atom. The largest absolute Gasteiger partial charge is 0.495 e. The monoisotopic (exact) mass is 526 g/mol. The van der Waals surface area contributed by atoms with Gasteiger partial charge in [0.1, 0.15) is 23.7 Å². The van der Waals surface area contributed by atoms with Crippen LogP contribution in [-0.4, -0.2) is 31.0 Å². The summed E-state index contributed by atoms with van der Waals surface area (Å²) < 4.78 is 23.9. The lowest BCUT2D eigenvalue weighted by Gasteiger charge is -2.33. The van der Waals surface area contributed by atoms with Crippen molar-refractivity contribution in [1.29, 1.82) is 0 Å². The van der Waals surface area contributed by atoms with Gasteiger partial charge in [-0.3, -0.25) is 4.79 Å². The highest BCUT2D eigenvalue weighted by molar-refractivity contribution is 6.23. The number of esters is 2. The molecule has 1 saturated carbocycles. The number of carbonyl (C=O) groups excluding carboxylic acids is 2. The number of hydrogen-bond acceptors (Lipinski definition) is 6. The van der Waals surface area contributed by atoms with Crippen LogP contribution in [0, 0.1) is 29.1 Å². The van der Waals surface area contributed by atoms with E-state index in [1.165, 1.54) is 0 Å². The Kier molecular flexibility index (Phi) is 6.90. The van der Waals surface area contributed by atoms with E-state index in [0.29, 0.717) is 34.7 Å². The molecular weight excluding hydrogens is 492 g/mol. The quantitative estimate of drug-likeness (QED) is 0.243. The van der Waals surface area contributed by atoms with Crippen LogP contribution in [0.15, 0.2) is 47.5 Å². The molecule has 0 saturated heterocycles. The highest BCUT2D eigenvalue weighted by atomic mass is 35.5. The Bertz CT molecular complexity index is 1210. The molecule has 1 fully saturated rings. The maximum atomic E-state index is 13.5. The first kappa shape index (κ1) is 25.9. The van der Waals surface area contributed by atoms with Crippen LogP contribution in [0.25, 0.3) is 0 Å². The number of methoxy groups -OCH3 is 1. The summed E-state index contributed by atoms with van der Waals surface area (Å²) in [5, 5.41) is -0.472. The third kappa shape index (κ3) is 4.58. The topological polar surface area (TPSA) is 71.1 Å². The van der Waals surface area contributed by atoms with Gasteiger partial charge in [-0.2, -0.15) is 0 Å². The molecule has 1 aromatic carbocycles. The molecule has 5 rings (SSSR count). The minimum atomic E-state index is -0.581. The Labute approximate surface area is 223 Å². The fourth-order valence-electron chi connectivity index (χ4n) is 5.97. The van der Waals surface area contributed by atoms with Gasteiger partial charge in [0.15, 0.2) is 11.5 Å². The minimum Gasteiger partial charge on any atom is -0.495 e. The van der Waals surface area contributed by atoms with Crippen LogP contribution in [-0.2, 0) is 20.7 Å². The Morgan fingerprint density at radius 1 is 1.27 bits per heavy atom. The normalized spacial score (nSPS) is 30.1. The molecule has 5 atom stereocenters. The second-order valence-electron chi connectivity index (χ2n) is 11.4. The third-order valence-electron chi connectivity index (χ3n) is 8.24. The average molecular weight is 527 g/mol. The lowest BCUT2D eigenvalue weighted by atomic mass is 9.77. The van der Waals surface area contributed by atoms with Gasteiger partial charge in [-0.1, -0.05) is 39.0 Å². The van der Waals surface area contributed by atoms with Crippen LogP contribution >= 0.6 is 11.6 Å². The van der Waals surface area contributed by atoms with Crippen molar-refractivity contribution in [2.75, 3.05) is 13.7 Å². The predicted molar refractivity (Wildman–Crippen MR) is 141 cm³/mol. The van der Waals surface area contributed by atoms with Gasteiger partial charge in [0.25, 0.3) is 0 Å². The van der Waals surface area contributed by atoms with Crippen LogP contribution in [0.2, 0.25) is 0 Å². The van der Waals surface area contributed by atoms with Crippen molar-refractivity contribution in [2.24, 2.45) is 29.1 Å². The first-order valence-electron chi connectivity index (χ1n) is 13.2. The third-order valence-corrected chi connectivity index (χ3v) is 8.90. The lowest BCUT2D eigenvalue weighted by Crippen LogP contribution is -2.35. The smallest absolute Gasteiger partial charge is 0.346 e. The number of hydrogen-bond donors (Lipinski definition) is 0. The highest BCUT2D eigenvalue weighted by Gasteiger charge is 2.52. The van der Waals surface area contributed by atoms with Crippen LogP contribution < -0.4 is 9.47 Å². The van der Waals surface area contributed by atoms with Crippen LogP contribution in [0.3, 0.4) is 0 Å². The molecule has 4 aliphatic rings. The summed E-state index contributed by atoms with van der Waals surface area (Å²) in [4.78, 5) is 26.7. The summed E-state index contributed by atoms with van der Waals surface area (Å²) in [5.74, 6) is 1.54. The van der Waals surface area contributed by atoms with Crippen molar-refractivity contribution in [3.05, 3.63) is 58.6 Å². The van der Waals surface area contributed by atoms with E-state index in [2.05, 4.69) is 26.0 Å². The van der Waals surface area contributed by atoms with Crippen LogP contribution in [0.1, 0.15) is 62.9 Å². The number of allylic oxidation sites excluding steroid dienone is 3. The molecule has 1 aromatic rings. The fourth-order valence-corrected chi connectivity index (χ4v) is 6.21. The van der Waals surface area contributed by atoms with Crippen molar-refractivity contribution in [1.82, 2.24) is 0 Å². The van der Waals surface area contributed by atoms with Crippen molar-refractivity contribution < 1.29 is 28.5 Å². The molecule has 0 aromatic heterocycles. The van der Waals surface area contributed by atoms with E-state index in [0.717, 1.165) is 31.2 Å². The molecule has 198 valence electrons. The molecule has 0 spiro atoms. The van der Waals surface area contributed by atoms with E-state index in [1.54, 1.807) is 13.2 Å². The molecule has 0 N–H and O–H groups in total. The molecule has 2 bridgehead atoms. The molecule has 0 amide bonds. The first-order chi connectivity index (χ1) is 17.6. The van der Waals surface area contributed by atoms with Gasteiger partial charge in [0.05, 0.1) is 17.9 Å². The fraction of sp³-hybridized carbons (Fsp3) is 0.533. The number of halogens is 1. The number of aryl methyl sites for hydroxylation is 1. The Morgan fingerprint density at radius 3 is 2.70 bits per heavy atom. The van der Waals surface area contributed by atoms with Gasteiger partial charge >= 0.3 is 11.9 Å². The van der Waals surface area contributed by atoms with Crippen molar-refractivity contribution in [2.45, 2.75) is 58.8 Å². The molecular formula is C30H35ClO6. The number of carbonyl (C=O) groups is 2. The summed E-state index contributed by atoms with van der Waals surface area (Å²) >= 11 is 6.76. The minimum absolute atomic E-state index is 0.0644. The maximum absolute atomic E-state index is 13.5. The molecule has 1 aliphatic heterocycles. The van der Waals surface area contributed by atoms with E-state index in [1.807, 2.05) is 26.0 Å². The van der Waals surface area contributed by atoms with Gasteiger partial charge < -0.3 is 18.9 Å². The zero-order valence-corrected chi connectivity index (χ0v) is 22.9. The standard InChI is InChI=1S/C30H35ClO6/c1-16(2)6-8-19-9-11-22-24(26(19)34-5)28(32)35-15-21-25(31)17(3)12-23(27(21)36-22)37-29(33)30(4)14-18-7-10-20(30)13-18/h7,9-12,16-18,20,25H,6,8,13-15H2,1-5H3. The summed E-state index contributed by atoms with van der Waals surface area (Å²) in [6.45, 7) is 8.16. The number of rotatable bonds is 6. The number of ether oxygens (including phenoxy) is 4. The SMILES string of the molecule is COc1c(CCC(C)C)ccc2c1C(=O)OCC1=C(O2)C(OC(=O)C2(C)CC3C=CC2C3)=CC(C)C1Cl. The highest BCUT2D eigenvalue weighted by Crippen LogP contribution is 2.53. The zero-order valence-electron chi connectivity index (χ0n) is 22.1. The molecule has 37 heavy (non-hydrogen) atoms.